The summed E-state index contributed by atoms with van der Waals surface area (Å²) < 4.78 is 6.10. The summed E-state index contributed by atoms with van der Waals surface area (Å²) in [6.07, 6.45) is 0. The van der Waals surface area contributed by atoms with Crippen molar-refractivity contribution in [2.75, 3.05) is 25.1 Å². The number of amides is 1. The molecule has 0 radical (unpaired) electrons. The summed E-state index contributed by atoms with van der Waals surface area (Å²) in [7, 11) is 0. The molecule has 0 aliphatic heterocycles. The molecule has 7 heteroatoms. The van der Waals surface area contributed by atoms with E-state index in [9.17, 15) is 4.79 Å². The van der Waals surface area contributed by atoms with Gasteiger partial charge < -0.3 is 15.8 Å². The van der Waals surface area contributed by atoms with Gasteiger partial charge in [0.2, 0.25) is 5.91 Å². The molecule has 1 amide bonds. The second kappa shape index (κ2) is 5.99. The smallest absolute Gasteiger partial charge is 0.243 e. The summed E-state index contributed by atoms with van der Waals surface area (Å²) in [6, 6.07) is 5.59. The third-order valence-corrected chi connectivity index (χ3v) is 3.35. The number of nitrogens with one attached hydrogen (secondary N) is 1. The summed E-state index contributed by atoms with van der Waals surface area (Å²) in [5, 5.41) is 4.59. The lowest BCUT2D eigenvalue weighted by Crippen LogP contribution is -2.20. The van der Waals surface area contributed by atoms with Gasteiger partial charge in [0.05, 0.1) is 16.8 Å². The highest BCUT2D eigenvalue weighted by Crippen LogP contribution is 2.27. The van der Waals surface area contributed by atoms with E-state index in [-0.39, 0.29) is 6.61 Å². The standard InChI is InChI=1S/C11H12ClN3O2S/c12-7-1-2-9-8(5-7)15-11(18-9)14-3-4-17-6-10(13)16/h1-2,5H,3-4,6H2,(H2,13,16)(H,14,15). The number of thiazole rings is 1. The number of ether oxygens (including phenoxy) is 1. The minimum absolute atomic E-state index is 0.0584. The molecule has 5 nitrogen and oxygen atoms in total. The highest BCUT2D eigenvalue weighted by molar-refractivity contribution is 7.22. The maximum Gasteiger partial charge on any atom is 0.243 e. The Balaban J connectivity index is 1.86. The van der Waals surface area contributed by atoms with E-state index in [0.717, 1.165) is 15.3 Å². The van der Waals surface area contributed by atoms with Gasteiger partial charge in [-0.3, -0.25) is 4.79 Å². The minimum atomic E-state index is -0.468. The van der Waals surface area contributed by atoms with Gasteiger partial charge in [-0.05, 0) is 18.2 Å². The predicted octanol–water partition coefficient (Wildman–Crippen LogP) is 1.86. The van der Waals surface area contributed by atoms with Crippen molar-refractivity contribution in [3.05, 3.63) is 23.2 Å². The van der Waals surface area contributed by atoms with Crippen molar-refractivity contribution in [1.29, 1.82) is 0 Å². The first-order valence-corrected chi connectivity index (χ1v) is 6.50. The highest BCUT2D eigenvalue weighted by atomic mass is 35.5. The van der Waals surface area contributed by atoms with Crippen LogP contribution in [0.3, 0.4) is 0 Å². The van der Waals surface area contributed by atoms with Crippen molar-refractivity contribution in [2.45, 2.75) is 0 Å². The van der Waals surface area contributed by atoms with E-state index < -0.39 is 5.91 Å². The van der Waals surface area contributed by atoms with Gasteiger partial charge in [0.15, 0.2) is 5.13 Å². The second-order valence-corrected chi connectivity index (χ2v) is 5.04. The van der Waals surface area contributed by atoms with Gasteiger partial charge >= 0.3 is 0 Å². The van der Waals surface area contributed by atoms with E-state index in [4.69, 9.17) is 22.1 Å². The lowest BCUT2D eigenvalue weighted by Gasteiger charge is -2.02. The Morgan fingerprint density at radius 2 is 2.39 bits per heavy atom. The van der Waals surface area contributed by atoms with Crippen LogP contribution in [0.15, 0.2) is 18.2 Å². The largest absolute Gasteiger partial charge is 0.370 e. The molecular formula is C11H12ClN3O2S. The number of aromatic nitrogens is 1. The number of rotatable bonds is 6. The van der Waals surface area contributed by atoms with Crippen molar-refractivity contribution in [3.63, 3.8) is 0 Å². The zero-order valence-corrected chi connectivity index (χ0v) is 11.1. The van der Waals surface area contributed by atoms with Crippen molar-refractivity contribution in [3.8, 4) is 0 Å². The van der Waals surface area contributed by atoms with Crippen LogP contribution >= 0.6 is 22.9 Å². The first-order valence-electron chi connectivity index (χ1n) is 5.31. The predicted molar refractivity (Wildman–Crippen MR) is 73.1 cm³/mol. The van der Waals surface area contributed by atoms with Crippen LogP contribution < -0.4 is 11.1 Å². The molecular weight excluding hydrogens is 274 g/mol. The molecule has 0 spiro atoms. The second-order valence-electron chi connectivity index (χ2n) is 3.58. The molecule has 18 heavy (non-hydrogen) atoms. The summed E-state index contributed by atoms with van der Waals surface area (Å²) in [6.45, 7) is 0.914. The number of halogens is 1. The number of nitrogens with two attached hydrogens (primary N) is 1. The summed E-state index contributed by atoms with van der Waals surface area (Å²) in [4.78, 5) is 14.8. The summed E-state index contributed by atoms with van der Waals surface area (Å²) in [5.74, 6) is -0.468. The molecule has 1 aromatic carbocycles. The molecule has 2 rings (SSSR count). The number of carbonyl (C=O) groups excluding carboxylic acids is 1. The Morgan fingerprint density at radius 1 is 1.56 bits per heavy atom. The molecule has 0 bridgehead atoms. The molecule has 1 heterocycles. The van der Waals surface area contributed by atoms with E-state index in [0.29, 0.717) is 18.2 Å². The quantitative estimate of drug-likeness (QED) is 0.794. The van der Waals surface area contributed by atoms with Crippen molar-refractivity contribution in [1.82, 2.24) is 4.98 Å². The Labute approximate surface area is 113 Å². The Hall–Kier alpha value is -1.37. The van der Waals surface area contributed by atoms with Crippen LogP contribution in [0.4, 0.5) is 5.13 Å². The van der Waals surface area contributed by atoms with E-state index in [1.807, 2.05) is 18.2 Å². The Kier molecular flexibility index (Phi) is 4.35. The molecule has 0 saturated heterocycles. The van der Waals surface area contributed by atoms with Crippen molar-refractivity contribution < 1.29 is 9.53 Å². The number of fused-ring (bicyclic) bond motifs is 1. The van der Waals surface area contributed by atoms with Gasteiger partial charge in [0, 0.05) is 11.6 Å². The Morgan fingerprint density at radius 3 is 3.17 bits per heavy atom. The molecule has 0 aliphatic carbocycles. The molecule has 0 aliphatic rings. The maximum absolute atomic E-state index is 10.4. The molecule has 3 N–H and O–H groups in total. The van der Waals surface area contributed by atoms with Crippen LogP contribution in [0.1, 0.15) is 0 Å². The Bertz CT molecular complexity index is 558. The fourth-order valence-electron chi connectivity index (χ4n) is 1.38. The fraction of sp³-hybridized carbons (Fsp3) is 0.273. The van der Waals surface area contributed by atoms with E-state index in [1.165, 1.54) is 0 Å². The van der Waals surface area contributed by atoms with Crippen LogP contribution in [-0.4, -0.2) is 30.6 Å². The first kappa shape index (κ1) is 13.1. The number of benzene rings is 1. The van der Waals surface area contributed by atoms with Crippen LogP contribution in [0, 0.1) is 0 Å². The van der Waals surface area contributed by atoms with Gasteiger partial charge in [-0.25, -0.2) is 4.98 Å². The molecule has 0 fully saturated rings. The van der Waals surface area contributed by atoms with Gasteiger partial charge in [0.25, 0.3) is 0 Å². The molecule has 1 aromatic heterocycles. The fourth-order valence-corrected chi connectivity index (χ4v) is 2.42. The number of primary amides is 1. The van der Waals surface area contributed by atoms with Gasteiger partial charge in [-0.1, -0.05) is 22.9 Å². The number of carbonyl (C=O) groups is 1. The summed E-state index contributed by atoms with van der Waals surface area (Å²) >= 11 is 7.43. The average molecular weight is 286 g/mol. The third-order valence-electron chi connectivity index (χ3n) is 2.12. The number of hydrogen-bond donors (Lipinski definition) is 2. The number of hydrogen-bond acceptors (Lipinski definition) is 5. The van der Waals surface area contributed by atoms with E-state index >= 15 is 0 Å². The average Bonchev–Trinajstić information content (AvgIpc) is 2.70. The molecule has 0 saturated carbocycles. The summed E-state index contributed by atoms with van der Waals surface area (Å²) in [5.41, 5.74) is 5.81. The van der Waals surface area contributed by atoms with Crippen LogP contribution in [0.2, 0.25) is 5.02 Å². The molecule has 96 valence electrons. The van der Waals surface area contributed by atoms with E-state index in [2.05, 4.69) is 10.3 Å². The monoisotopic (exact) mass is 285 g/mol. The lowest BCUT2D eigenvalue weighted by molar-refractivity contribution is -0.122. The number of nitrogens with zero attached hydrogens (tertiary/aromatic N) is 1. The van der Waals surface area contributed by atoms with Crippen LogP contribution in [0.25, 0.3) is 10.2 Å². The zero-order valence-electron chi connectivity index (χ0n) is 9.48. The SMILES string of the molecule is NC(=O)COCCNc1nc2cc(Cl)ccc2s1. The van der Waals surface area contributed by atoms with Crippen molar-refractivity contribution >= 4 is 44.2 Å². The van der Waals surface area contributed by atoms with Gasteiger partial charge in [0.1, 0.15) is 6.61 Å². The van der Waals surface area contributed by atoms with E-state index in [1.54, 1.807) is 11.3 Å². The highest BCUT2D eigenvalue weighted by Gasteiger charge is 2.03. The maximum atomic E-state index is 10.4. The minimum Gasteiger partial charge on any atom is -0.370 e. The zero-order chi connectivity index (χ0) is 13.0. The van der Waals surface area contributed by atoms with Gasteiger partial charge in [-0.15, -0.1) is 0 Å². The molecule has 0 atom stereocenters. The first-order chi connectivity index (χ1) is 8.65. The van der Waals surface area contributed by atoms with Crippen molar-refractivity contribution in [2.24, 2.45) is 5.73 Å². The third kappa shape index (κ3) is 3.56. The van der Waals surface area contributed by atoms with Gasteiger partial charge in [-0.2, -0.15) is 0 Å². The molecule has 2 aromatic rings. The topological polar surface area (TPSA) is 77.2 Å². The number of anilines is 1. The van der Waals surface area contributed by atoms with Crippen LogP contribution in [0.5, 0.6) is 0 Å². The lowest BCUT2D eigenvalue weighted by atomic mass is 10.3. The van der Waals surface area contributed by atoms with Crippen LogP contribution in [-0.2, 0) is 9.53 Å². The molecule has 0 unspecified atom stereocenters. The normalized spacial score (nSPS) is 10.7.